The van der Waals surface area contributed by atoms with E-state index >= 15 is 0 Å². The lowest BCUT2D eigenvalue weighted by Gasteiger charge is -2.22. The average Bonchev–Trinajstić information content (AvgIpc) is 2.40. The number of rotatable bonds is 3. The third kappa shape index (κ3) is 2.97. The average molecular weight is 249 g/mol. The monoisotopic (exact) mass is 249 g/mol. The molecule has 0 saturated heterocycles. The van der Waals surface area contributed by atoms with Crippen LogP contribution < -0.4 is 10.9 Å². The highest BCUT2D eigenvalue weighted by Crippen LogP contribution is 2.17. The van der Waals surface area contributed by atoms with Crippen molar-refractivity contribution in [3.05, 3.63) is 28.2 Å². The van der Waals surface area contributed by atoms with Crippen molar-refractivity contribution in [2.75, 3.05) is 0 Å². The predicted molar refractivity (Wildman–Crippen MR) is 68.5 cm³/mol. The van der Waals surface area contributed by atoms with E-state index in [2.05, 4.69) is 10.4 Å². The van der Waals surface area contributed by atoms with Crippen LogP contribution in [0.3, 0.4) is 0 Å². The Labute approximate surface area is 106 Å². The molecule has 0 spiro atoms. The number of amides is 1. The maximum Gasteiger partial charge on any atom is 0.271 e. The minimum Gasteiger partial charge on any atom is -0.348 e. The number of hydrogen-bond donors (Lipinski definition) is 1. The number of carbonyl (C=O) groups is 1. The smallest absolute Gasteiger partial charge is 0.271 e. The molecule has 0 aromatic carbocycles. The Morgan fingerprint density at radius 2 is 2.11 bits per heavy atom. The molecule has 0 bridgehead atoms. The molecule has 1 heterocycles. The van der Waals surface area contributed by atoms with E-state index in [0.717, 1.165) is 12.8 Å². The Kier molecular flexibility index (Phi) is 4.12. The molecule has 1 aliphatic carbocycles. The molecule has 0 radical (unpaired) electrons. The van der Waals surface area contributed by atoms with Crippen molar-refractivity contribution in [2.24, 2.45) is 0 Å². The molecule has 98 valence electrons. The molecule has 0 aliphatic heterocycles. The summed E-state index contributed by atoms with van der Waals surface area (Å²) < 4.78 is 1.30. The number of nitrogens with zero attached hydrogens (tertiary/aromatic N) is 2. The fraction of sp³-hybridized carbons (Fsp3) is 0.615. The first-order valence-electron chi connectivity index (χ1n) is 6.59. The maximum atomic E-state index is 12.0. The van der Waals surface area contributed by atoms with Crippen LogP contribution in [0.15, 0.2) is 16.9 Å². The van der Waals surface area contributed by atoms with Gasteiger partial charge in [-0.05, 0) is 25.8 Å². The van der Waals surface area contributed by atoms with Crippen molar-refractivity contribution in [1.29, 1.82) is 0 Å². The van der Waals surface area contributed by atoms with Gasteiger partial charge in [-0.2, -0.15) is 5.10 Å². The first kappa shape index (κ1) is 12.8. The zero-order valence-corrected chi connectivity index (χ0v) is 10.7. The first-order valence-corrected chi connectivity index (χ1v) is 6.59. The van der Waals surface area contributed by atoms with Crippen LogP contribution in [0.25, 0.3) is 0 Å². The molecular weight excluding hydrogens is 230 g/mol. The lowest BCUT2D eigenvalue weighted by atomic mass is 9.95. The Balaban J connectivity index is 2.06. The highest BCUT2D eigenvalue weighted by Gasteiger charge is 2.17. The highest BCUT2D eigenvalue weighted by atomic mass is 16.2. The molecule has 1 fully saturated rings. The fourth-order valence-electron chi connectivity index (χ4n) is 2.30. The number of nitrogens with one attached hydrogen (secondary N) is 1. The standard InChI is InChI=1S/C13H19N3O2/c1-2-16-12(17)9-8-11(15-16)13(18)14-10-6-4-3-5-7-10/h8-10H,2-7H2,1H3,(H,14,18). The van der Waals surface area contributed by atoms with Gasteiger partial charge in [0, 0.05) is 18.7 Å². The zero-order chi connectivity index (χ0) is 13.0. The second kappa shape index (κ2) is 5.80. The summed E-state index contributed by atoms with van der Waals surface area (Å²) in [6.07, 6.45) is 5.68. The molecule has 1 saturated carbocycles. The fourth-order valence-corrected chi connectivity index (χ4v) is 2.30. The lowest BCUT2D eigenvalue weighted by Crippen LogP contribution is -2.37. The van der Waals surface area contributed by atoms with Gasteiger partial charge in [0.1, 0.15) is 5.69 Å². The molecule has 1 aliphatic rings. The van der Waals surface area contributed by atoms with Crippen molar-refractivity contribution in [1.82, 2.24) is 15.1 Å². The van der Waals surface area contributed by atoms with E-state index in [1.807, 2.05) is 6.92 Å². The molecule has 0 unspecified atom stereocenters. The summed E-state index contributed by atoms with van der Waals surface area (Å²) in [5.41, 5.74) is 0.147. The second-order valence-electron chi connectivity index (χ2n) is 4.68. The van der Waals surface area contributed by atoms with Gasteiger partial charge in [-0.15, -0.1) is 0 Å². The van der Waals surface area contributed by atoms with Crippen LogP contribution in [0, 0.1) is 0 Å². The van der Waals surface area contributed by atoms with E-state index in [0.29, 0.717) is 12.2 Å². The van der Waals surface area contributed by atoms with Crippen LogP contribution in [0.1, 0.15) is 49.5 Å². The van der Waals surface area contributed by atoms with Gasteiger partial charge in [-0.25, -0.2) is 4.68 Å². The molecule has 1 amide bonds. The second-order valence-corrected chi connectivity index (χ2v) is 4.68. The summed E-state index contributed by atoms with van der Waals surface area (Å²) in [7, 11) is 0. The summed E-state index contributed by atoms with van der Waals surface area (Å²) in [5, 5.41) is 7.04. The van der Waals surface area contributed by atoms with Crippen molar-refractivity contribution in [3.8, 4) is 0 Å². The van der Waals surface area contributed by atoms with Gasteiger partial charge >= 0.3 is 0 Å². The van der Waals surface area contributed by atoms with Crippen molar-refractivity contribution < 1.29 is 4.79 Å². The van der Waals surface area contributed by atoms with Gasteiger partial charge < -0.3 is 5.32 Å². The molecule has 1 aromatic rings. The number of aryl methyl sites for hydroxylation is 1. The van der Waals surface area contributed by atoms with E-state index < -0.39 is 0 Å². The van der Waals surface area contributed by atoms with Crippen molar-refractivity contribution >= 4 is 5.91 Å². The molecular formula is C13H19N3O2. The number of carbonyl (C=O) groups excluding carboxylic acids is 1. The third-order valence-electron chi connectivity index (χ3n) is 3.34. The molecule has 1 N–H and O–H groups in total. The lowest BCUT2D eigenvalue weighted by molar-refractivity contribution is 0.0920. The Hall–Kier alpha value is -1.65. The third-order valence-corrected chi connectivity index (χ3v) is 3.34. The molecule has 0 atom stereocenters. The van der Waals surface area contributed by atoms with Crippen LogP contribution in [-0.4, -0.2) is 21.7 Å². The maximum absolute atomic E-state index is 12.0. The molecule has 1 aromatic heterocycles. The predicted octanol–water partition coefficient (Wildman–Crippen LogP) is 1.33. The highest BCUT2D eigenvalue weighted by molar-refractivity contribution is 5.92. The van der Waals surface area contributed by atoms with E-state index in [1.54, 1.807) is 0 Å². The van der Waals surface area contributed by atoms with Crippen LogP contribution in [0.2, 0.25) is 0 Å². The summed E-state index contributed by atoms with van der Waals surface area (Å²) >= 11 is 0. The molecule has 2 rings (SSSR count). The van der Waals surface area contributed by atoms with Crippen LogP contribution in [0.4, 0.5) is 0 Å². The zero-order valence-electron chi connectivity index (χ0n) is 10.7. The minimum atomic E-state index is -0.177. The van der Waals surface area contributed by atoms with E-state index in [-0.39, 0.29) is 17.5 Å². The SMILES string of the molecule is CCn1nc(C(=O)NC2CCCCC2)ccc1=O. The Bertz CT molecular complexity index is 475. The van der Waals surface area contributed by atoms with Crippen molar-refractivity contribution in [2.45, 2.75) is 51.6 Å². The summed E-state index contributed by atoms with van der Waals surface area (Å²) in [6.45, 7) is 2.31. The van der Waals surface area contributed by atoms with Crippen LogP contribution in [0.5, 0.6) is 0 Å². The van der Waals surface area contributed by atoms with E-state index in [1.165, 1.54) is 36.1 Å². The minimum absolute atomic E-state index is 0.174. The normalized spacial score (nSPS) is 16.5. The van der Waals surface area contributed by atoms with Gasteiger partial charge in [0.25, 0.3) is 11.5 Å². The summed E-state index contributed by atoms with van der Waals surface area (Å²) in [6, 6.07) is 3.15. The Morgan fingerprint density at radius 3 is 2.78 bits per heavy atom. The van der Waals surface area contributed by atoms with Gasteiger partial charge in [0.15, 0.2) is 0 Å². The van der Waals surface area contributed by atoms with Crippen LogP contribution >= 0.6 is 0 Å². The number of hydrogen-bond acceptors (Lipinski definition) is 3. The molecule has 5 heteroatoms. The van der Waals surface area contributed by atoms with Crippen LogP contribution in [-0.2, 0) is 6.54 Å². The number of aromatic nitrogens is 2. The molecule has 5 nitrogen and oxygen atoms in total. The van der Waals surface area contributed by atoms with Crippen molar-refractivity contribution in [3.63, 3.8) is 0 Å². The summed E-state index contributed by atoms with van der Waals surface area (Å²) in [4.78, 5) is 23.4. The van der Waals surface area contributed by atoms with Gasteiger partial charge in [0.2, 0.25) is 0 Å². The van der Waals surface area contributed by atoms with Gasteiger partial charge in [-0.3, -0.25) is 9.59 Å². The first-order chi connectivity index (χ1) is 8.70. The van der Waals surface area contributed by atoms with Gasteiger partial charge in [0.05, 0.1) is 0 Å². The summed E-state index contributed by atoms with van der Waals surface area (Å²) in [5.74, 6) is -0.177. The largest absolute Gasteiger partial charge is 0.348 e. The molecule has 18 heavy (non-hydrogen) atoms. The quantitative estimate of drug-likeness (QED) is 0.878. The van der Waals surface area contributed by atoms with E-state index in [4.69, 9.17) is 0 Å². The van der Waals surface area contributed by atoms with E-state index in [9.17, 15) is 9.59 Å². The van der Waals surface area contributed by atoms with Gasteiger partial charge in [-0.1, -0.05) is 19.3 Å². The Morgan fingerprint density at radius 1 is 1.39 bits per heavy atom. The topological polar surface area (TPSA) is 64.0 Å².